The molecule has 0 amide bonds. The molecule has 92 valence electrons. The van der Waals surface area contributed by atoms with Crippen LogP contribution in [0.4, 0.5) is 0 Å². The Labute approximate surface area is 112 Å². The van der Waals surface area contributed by atoms with Crippen LogP contribution in [0.25, 0.3) is 0 Å². The maximum absolute atomic E-state index is 11.1. The van der Waals surface area contributed by atoms with Crippen LogP contribution in [0.2, 0.25) is 0 Å². The Bertz CT molecular complexity index is 279. The molecule has 0 aromatic carbocycles. The molecule has 0 saturated heterocycles. The van der Waals surface area contributed by atoms with Crippen LogP contribution >= 0.6 is 50.5 Å². The first kappa shape index (κ1) is 16.3. The van der Waals surface area contributed by atoms with Gasteiger partial charge in [-0.2, -0.15) is 58.9 Å². The molecule has 0 spiro atoms. The molecule has 0 bridgehead atoms. The van der Waals surface area contributed by atoms with Crippen LogP contribution in [0, 0.1) is 0 Å². The van der Waals surface area contributed by atoms with Gasteiger partial charge in [-0.3, -0.25) is 4.55 Å². The Morgan fingerprint density at radius 1 is 1.13 bits per heavy atom. The summed E-state index contributed by atoms with van der Waals surface area (Å²) in [4.78, 5) is 0. The van der Waals surface area contributed by atoms with Crippen molar-refractivity contribution >= 4 is 60.6 Å². The van der Waals surface area contributed by atoms with Crippen molar-refractivity contribution in [1.82, 2.24) is 0 Å². The van der Waals surface area contributed by atoms with Gasteiger partial charge >= 0.3 is 0 Å². The summed E-state index contributed by atoms with van der Waals surface area (Å²) < 4.78 is 31.2. The van der Waals surface area contributed by atoms with E-state index in [2.05, 4.69) is 50.5 Å². The van der Waals surface area contributed by atoms with Gasteiger partial charge in [0.15, 0.2) is 0 Å². The normalized spacial score (nSPS) is 20.7. The summed E-state index contributed by atoms with van der Waals surface area (Å²) in [5.74, 6) is 0.163. The quantitative estimate of drug-likeness (QED) is 0.310. The molecular weight excluding hydrogens is 296 g/mol. The smallest absolute Gasteiger partial charge is 0.270 e. The van der Waals surface area contributed by atoms with Crippen LogP contribution < -0.4 is 0 Å². The van der Waals surface area contributed by atoms with Gasteiger partial charge in [0.2, 0.25) is 0 Å². The van der Waals surface area contributed by atoms with Crippen LogP contribution in [0.1, 0.15) is 0 Å². The van der Waals surface area contributed by atoms with Gasteiger partial charge in [0, 0.05) is 21.5 Å². The third kappa shape index (κ3) is 4.97. The van der Waals surface area contributed by atoms with Gasteiger partial charge in [-0.25, -0.2) is 0 Å². The summed E-state index contributed by atoms with van der Waals surface area (Å²) in [6, 6.07) is 0. The first-order chi connectivity index (χ1) is 6.75. The fourth-order valence-electron chi connectivity index (χ4n) is 1.03. The SMILES string of the molecule is O=S(=O)(O)C(C(S)CS)C(S)C(S)CO. The third-order valence-electron chi connectivity index (χ3n) is 1.83. The predicted octanol–water partition coefficient (Wildman–Crippen LogP) is 0.0601. The molecule has 4 atom stereocenters. The second-order valence-corrected chi connectivity index (χ2v) is 6.83. The van der Waals surface area contributed by atoms with Gasteiger partial charge in [-0.15, -0.1) is 0 Å². The molecule has 9 heteroatoms. The van der Waals surface area contributed by atoms with Crippen molar-refractivity contribution in [3.05, 3.63) is 0 Å². The van der Waals surface area contributed by atoms with E-state index in [0.717, 1.165) is 0 Å². The van der Waals surface area contributed by atoms with Crippen molar-refractivity contribution in [3.63, 3.8) is 0 Å². The molecule has 4 nitrogen and oxygen atoms in total. The zero-order chi connectivity index (χ0) is 12.2. The second kappa shape index (κ2) is 6.87. The minimum atomic E-state index is -4.29. The lowest BCUT2D eigenvalue weighted by molar-refractivity contribution is 0.291. The molecule has 0 fully saturated rings. The highest BCUT2D eigenvalue weighted by Gasteiger charge is 2.38. The molecule has 2 N–H and O–H groups in total. The van der Waals surface area contributed by atoms with E-state index >= 15 is 0 Å². The molecule has 0 aliphatic heterocycles. The highest BCUT2D eigenvalue weighted by atomic mass is 32.2. The average molecular weight is 311 g/mol. The first-order valence-electron chi connectivity index (χ1n) is 3.98. The zero-order valence-corrected chi connectivity index (χ0v) is 12.0. The molecule has 0 heterocycles. The van der Waals surface area contributed by atoms with Gasteiger partial charge in [0.05, 0.1) is 6.61 Å². The Morgan fingerprint density at radius 2 is 1.60 bits per heavy atom. The van der Waals surface area contributed by atoms with E-state index in [1.54, 1.807) is 0 Å². The van der Waals surface area contributed by atoms with E-state index in [-0.39, 0.29) is 12.4 Å². The van der Waals surface area contributed by atoms with Crippen LogP contribution in [0.5, 0.6) is 0 Å². The van der Waals surface area contributed by atoms with Crippen molar-refractivity contribution in [2.24, 2.45) is 0 Å². The lowest BCUT2D eigenvalue weighted by Gasteiger charge is -2.27. The highest BCUT2D eigenvalue weighted by Crippen LogP contribution is 2.24. The number of aliphatic hydroxyl groups is 1. The lowest BCUT2D eigenvalue weighted by Crippen LogP contribution is -2.44. The summed E-state index contributed by atoms with van der Waals surface area (Å²) >= 11 is 15.9. The largest absolute Gasteiger partial charge is 0.395 e. The molecular formula is C6H14O4S5. The van der Waals surface area contributed by atoms with Gasteiger partial charge in [-0.05, 0) is 0 Å². The topological polar surface area (TPSA) is 74.6 Å². The number of rotatable bonds is 6. The molecule has 15 heavy (non-hydrogen) atoms. The standard InChI is InChI=1S/C6H14O4S5/c7-1-3(12)5(14)6(4(13)2-11)15(8,9)10/h3-7,11-14H,1-2H2,(H,8,9,10). The van der Waals surface area contributed by atoms with E-state index in [9.17, 15) is 8.42 Å². The number of hydrogen-bond donors (Lipinski definition) is 6. The van der Waals surface area contributed by atoms with Crippen LogP contribution in [0.3, 0.4) is 0 Å². The zero-order valence-electron chi connectivity index (χ0n) is 7.63. The van der Waals surface area contributed by atoms with Gasteiger partial charge in [0.25, 0.3) is 10.1 Å². The molecule has 0 radical (unpaired) electrons. The van der Waals surface area contributed by atoms with E-state index in [0.29, 0.717) is 0 Å². The van der Waals surface area contributed by atoms with E-state index in [1.165, 1.54) is 0 Å². The van der Waals surface area contributed by atoms with Crippen LogP contribution in [0.15, 0.2) is 0 Å². The van der Waals surface area contributed by atoms with Crippen LogP contribution in [-0.4, -0.2) is 51.4 Å². The molecule has 0 aromatic rings. The van der Waals surface area contributed by atoms with Crippen molar-refractivity contribution in [2.75, 3.05) is 12.4 Å². The summed E-state index contributed by atoms with van der Waals surface area (Å²) in [5, 5.41) is 5.47. The van der Waals surface area contributed by atoms with Crippen LogP contribution in [-0.2, 0) is 10.1 Å². The average Bonchev–Trinajstić information content (AvgIpc) is 2.14. The minimum Gasteiger partial charge on any atom is -0.395 e. The Hall–Kier alpha value is 1.27. The lowest BCUT2D eigenvalue weighted by atomic mass is 10.2. The predicted molar refractivity (Wildman–Crippen MR) is 74.6 cm³/mol. The fourth-order valence-corrected chi connectivity index (χ4v) is 4.29. The van der Waals surface area contributed by atoms with Gasteiger partial charge in [-0.1, -0.05) is 0 Å². The molecule has 0 aromatic heterocycles. The summed E-state index contributed by atoms with van der Waals surface area (Å²) in [6.45, 7) is -0.337. The Morgan fingerprint density at radius 3 is 1.87 bits per heavy atom. The van der Waals surface area contributed by atoms with E-state index < -0.39 is 31.1 Å². The molecule has 4 unspecified atom stereocenters. The summed E-state index contributed by atoms with van der Waals surface area (Å²) in [7, 11) is -4.29. The first-order valence-corrected chi connectivity index (χ1v) is 7.66. The maximum atomic E-state index is 11.1. The third-order valence-corrected chi connectivity index (χ3v) is 6.13. The Kier molecular flexibility index (Phi) is 7.46. The van der Waals surface area contributed by atoms with Crippen molar-refractivity contribution in [1.29, 1.82) is 0 Å². The second-order valence-electron chi connectivity index (χ2n) is 2.97. The minimum absolute atomic E-state index is 0.163. The number of aliphatic hydroxyl groups excluding tert-OH is 1. The fraction of sp³-hybridized carbons (Fsp3) is 1.00. The molecule has 0 aliphatic rings. The summed E-state index contributed by atoms with van der Waals surface area (Å²) in [6.07, 6.45) is 0. The maximum Gasteiger partial charge on any atom is 0.270 e. The molecule has 0 rings (SSSR count). The van der Waals surface area contributed by atoms with E-state index in [1.807, 2.05) is 0 Å². The van der Waals surface area contributed by atoms with Gasteiger partial charge in [0.1, 0.15) is 5.25 Å². The van der Waals surface area contributed by atoms with Crippen molar-refractivity contribution < 1.29 is 18.1 Å². The monoisotopic (exact) mass is 310 g/mol. The highest BCUT2D eigenvalue weighted by molar-refractivity contribution is 7.91. The van der Waals surface area contributed by atoms with E-state index in [4.69, 9.17) is 9.66 Å². The van der Waals surface area contributed by atoms with Gasteiger partial charge < -0.3 is 5.11 Å². The van der Waals surface area contributed by atoms with Crippen molar-refractivity contribution in [2.45, 2.75) is 21.0 Å². The molecule has 0 saturated carbocycles. The van der Waals surface area contributed by atoms with Crippen molar-refractivity contribution in [3.8, 4) is 0 Å². The Balaban J connectivity index is 4.96. The molecule has 0 aliphatic carbocycles. The summed E-state index contributed by atoms with van der Waals surface area (Å²) in [5.41, 5.74) is 0. The number of hydrogen-bond acceptors (Lipinski definition) is 7. The number of thiol groups is 4.